The molecule has 0 saturated carbocycles. The Hall–Kier alpha value is -1.19. The van der Waals surface area contributed by atoms with Gasteiger partial charge in [0.1, 0.15) is 0 Å². The molecule has 3 heteroatoms. The molecule has 1 aromatic rings. The molecule has 0 amide bonds. The van der Waals surface area contributed by atoms with Crippen LogP contribution in [0.4, 0.5) is 0 Å². The highest BCUT2D eigenvalue weighted by Gasteiger charge is 2.16. The first-order valence-corrected chi connectivity index (χ1v) is 5.38. The number of nitrogens with one attached hydrogen (secondary N) is 2. The fraction of sp³-hybridized carbons (Fsp3) is 0.417. The third-order valence-corrected chi connectivity index (χ3v) is 2.65. The van der Waals surface area contributed by atoms with Gasteiger partial charge in [0.15, 0.2) is 5.78 Å². The van der Waals surface area contributed by atoms with Crippen molar-refractivity contribution in [1.82, 2.24) is 10.6 Å². The second-order valence-corrected chi connectivity index (χ2v) is 3.85. The maximum absolute atomic E-state index is 11.8. The molecule has 1 aliphatic rings. The predicted octanol–water partition coefficient (Wildman–Crippen LogP) is 0.821. The lowest BCUT2D eigenvalue weighted by molar-refractivity contribution is 0.0966. The zero-order chi connectivity index (χ0) is 10.5. The fourth-order valence-electron chi connectivity index (χ4n) is 1.82. The standard InChI is InChI=1S/C12H16N2O/c15-12(10-4-2-1-3-5-10)8-11-9-13-6-7-14-11/h1-5,11,13-14H,6-9H2. The highest BCUT2D eigenvalue weighted by atomic mass is 16.1. The number of piperazine rings is 1. The average molecular weight is 204 g/mol. The predicted molar refractivity (Wildman–Crippen MR) is 60.0 cm³/mol. The van der Waals surface area contributed by atoms with Gasteiger partial charge in [-0.05, 0) is 0 Å². The van der Waals surface area contributed by atoms with Crippen molar-refractivity contribution in [2.24, 2.45) is 0 Å². The van der Waals surface area contributed by atoms with Crippen LogP contribution in [0.15, 0.2) is 30.3 Å². The molecule has 1 heterocycles. The van der Waals surface area contributed by atoms with Crippen molar-refractivity contribution in [2.45, 2.75) is 12.5 Å². The second kappa shape index (κ2) is 5.05. The van der Waals surface area contributed by atoms with E-state index in [2.05, 4.69) is 10.6 Å². The Balaban J connectivity index is 1.91. The van der Waals surface area contributed by atoms with Gasteiger partial charge in [-0.25, -0.2) is 0 Å². The van der Waals surface area contributed by atoms with Gasteiger partial charge in [-0.1, -0.05) is 30.3 Å². The van der Waals surface area contributed by atoms with Gasteiger partial charge in [0.25, 0.3) is 0 Å². The Morgan fingerprint density at radius 3 is 2.73 bits per heavy atom. The van der Waals surface area contributed by atoms with Crippen LogP contribution in [-0.2, 0) is 0 Å². The summed E-state index contributed by atoms with van der Waals surface area (Å²) in [6, 6.07) is 9.76. The van der Waals surface area contributed by atoms with Crippen LogP contribution in [0.3, 0.4) is 0 Å². The SMILES string of the molecule is O=C(CC1CNCCN1)c1ccccc1. The number of carbonyl (C=O) groups excluding carboxylic acids is 1. The van der Waals surface area contributed by atoms with Crippen molar-refractivity contribution in [3.8, 4) is 0 Å². The summed E-state index contributed by atoms with van der Waals surface area (Å²) in [6.45, 7) is 2.83. The first-order valence-electron chi connectivity index (χ1n) is 5.38. The van der Waals surface area contributed by atoms with Crippen molar-refractivity contribution in [3.63, 3.8) is 0 Å². The van der Waals surface area contributed by atoms with E-state index in [0.29, 0.717) is 6.42 Å². The molecule has 1 unspecified atom stereocenters. The molecular formula is C12H16N2O. The Morgan fingerprint density at radius 2 is 2.07 bits per heavy atom. The van der Waals surface area contributed by atoms with Crippen LogP contribution >= 0.6 is 0 Å². The Morgan fingerprint density at radius 1 is 1.27 bits per heavy atom. The molecule has 0 bridgehead atoms. The molecule has 2 rings (SSSR count). The molecule has 15 heavy (non-hydrogen) atoms. The van der Waals surface area contributed by atoms with Gasteiger partial charge < -0.3 is 10.6 Å². The first-order chi connectivity index (χ1) is 7.36. The number of hydrogen-bond acceptors (Lipinski definition) is 3. The van der Waals surface area contributed by atoms with Gasteiger partial charge in [-0.2, -0.15) is 0 Å². The minimum Gasteiger partial charge on any atom is -0.314 e. The maximum atomic E-state index is 11.8. The van der Waals surface area contributed by atoms with Crippen LogP contribution in [0.25, 0.3) is 0 Å². The number of Topliss-reactive ketones (excluding diaryl/α,β-unsaturated/α-hetero) is 1. The normalized spacial score (nSPS) is 21.2. The van der Waals surface area contributed by atoms with E-state index in [4.69, 9.17) is 0 Å². The lowest BCUT2D eigenvalue weighted by Gasteiger charge is -2.23. The van der Waals surface area contributed by atoms with E-state index in [1.54, 1.807) is 0 Å². The topological polar surface area (TPSA) is 41.1 Å². The second-order valence-electron chi connectivity index (χ2n) is 3.85. The van der Waals surface area contributed by atoms with Crippen molar-refractivity contribution in [3.05, 3.63) is 35.9 Å². The van der Waals surface area contributed by atoms with Crippen LogP contribution in [-0.4, -0.2) is 31.5 Å². The van der Waals surface area contributed by atoms with E-state index in [1.165, 1.54) is 0 Å². The summed E-state index contributed by atoms with van der Waals surface area (Å²) < 4.78 is 0. The van der Waals surface area contributed by atoms with Gasteiger partial charge in [0.2, 0.25) is 0 Å². The van der Waals surface area contributed by atoms with E-state index in [9.17, 15) is 4.79 Å². The van der Waals surface area contributed by atoms with E-state index < -0.39 is 0 Å². The van der Waals surface area contributed by atoms with Crippen LogP contribution in [0.5, 0.6) is 0 Å². The number of benzene rings is 1. The lowest BCUT2D eigenvalue weighted by atomic mass is 10.0. The Bertz CT molecular complexity index is 318. The first kappa shape index (κ1) is 10.3. The van der Waals surface area contributed by atoms with Gasteiger partial charge in [-0.3, -0.25) is 4.79 Å². The number of rotatable bonds is 3. The third kappa shape index (κ3) is 2.88. The Kier molecular flexibility index (Phi) is 3.48. The summed E-state index contributed by atoms with van der Waals surface area (Å²) in [4.78, 5) is 11.8. The molecule has 2 N–H and O–H groups in total. The maximum Gasteiger partial charge on any atom is 0.164 e. The van der Waals surface area contributed by atoms with Gasteiger partial charge in [-0.15, -0.1) is 0 Å². The van der Waals surface area contributed by atoms with Crippen LogP contribution < -0.4 is 10.6 Å². The molecule has 80 valence electrons. The molecule has 1 fully saturated rings. The molecule has 1 saturated heterocycles. The Labute approximate surface area is 89.9 Å². The smallest absolute Gasteiger partial charge is 0.164 e. The van der Waals surface area contributed by atoms with E-state index in [0.717, 1.165) is 25.2 Å². The summed E-state index contributed by atoms with van der Waals surface area (Å²) >= 11 is 0. The van der Waals surface area contributed by atoms with E-state index in [1.807, 2.05) is 30.3 Å². The highest BCUT2D eigenvalue weighted by molar-refractivity contribution is 5.96. The van der Waals surface area contributed by atoms with E-state index in [-0.39, 0.29) is 11.8 Å². The average Bonchev–Trinajstić information content (AvgIpc) is 2.31. The van der Waals surface area contributed by atoms with Gasteiger partial charge in [0.05, 0.1) is 0 Å². The molecule has 1 aromatic carbocycles. The van der Waals surface area contributed by atoms with E-state index >= 15 is 0 Å². The summed E-state index contributed by atoms with van der Waals surface area (Å²) in [5, 5.41) is 6.61. The van der Waals surface area contributed by atoms with Crippen molar-refractivity contribution in [2.75, 3.05) is 19.6 Å². The number of ketones is 1. The minimum absolute atomic E-state index is 0.219. The molecule has 0 radical (unpaired) electrons. The summed E-state index contributed by atoms with van der Waals surface area (Å²) in [5.41, 5.74) is 0.810. The molecule has 0 spiro atoms. The molecule has 0 aliphatic carbocycles. The molecule has 3 nitrogen and oxygen atoms in total. The molecule has 1 atom stereocenters. The molecule has 0 aromatic heterocycles. The van der Waals surface area contributed by atoms with Crippen molar-refractivity contribution < 1.29 is 4.79 Å². The van der Waals surface area contributed by atoms with Crippen LogP contribution in [0, 0.1) is 0 Å². The fourth-order valence-corrected chi connectivity index (χ4v) is 1.82. The highest BCUT2D eigenvalue weighted by Crippen LogP contribution is 2.05. The zero-order valence-corrected chi connectivity index (χ0v) is 8.70. The summed E-state index contributed by atoms with van der Waals surface area (Å²) in [7, 11) is 0. The minimum atomic E-state index is 0.219. The number of hydrogen-bond donors (Lipinski definition) is 2. The lowest BCUT2D eigenvalue weighted by Crippen LogP contribution is -2.49. The molecule has 1 aliphatic heterocycles. The molecular weight excluding hydrogens is 188 g/mol. The summed E-state index contributed by atoms with van der Waals surface area (Å²) in [6.07, 6.45) is 0.580. The summed E-state index contributed by atoms with van der Waals surface area (Å²) in [5.74, 6) is 0.219. The quantitative estimate of drug-likeness (QED) is 0.716. The van der Waals surface area contributed by atoms with Gasteiger partial charge in [0, 0.05) is 37.7 Å². The van der Waals surface area contributed by atoms with Crippen molar-refractivity contribution >= 4 is 5.78 Å². The van der Waals surface area contributed by atoms with Crippen LogP contribution in [0.2, 0.25) is 0 Å². The zero-order valence-electron chi connectivity index (χ0n) is 8.70. The largest absolute Gasteiger partial charge is 0.314 e. The van der Waals surface area contributed by atoms with Gasteiger partial charge >= 0.3 is 0 Å². The number of carbonyl (C=O) groups is 1. The third-order valence-electron chi connectivity index (χ3n) is 2.65. The van der Waals surface area contributed by atoms with Crippen LogP contribution in [0.1, 0.15) is 16.8 Å². The monoisotopic (exact) mass is 204 g/mol. The van der Waals surface area contributed by atoms with Crippen molar-refractivity contribution in [1.29, 1.82) is 0 Å².